The molecule has 10 nitrogen and oxygen atoms in total. The second-order valence-corrected chi connectivity index (χ2v) is 8.81. The number of carbonyl (C=O) groups excluding carboxylic acids is 1. The van der Waals surface area contributed by atoms with Crippen molar-refractivity contribution < 1.29 is 17.9 Å². The van der Waals surface area contributed by atoms with Crippen molar-refractivity contribution in [1.29, 1.82) is 0 Å². The Morgan fingerprint density at radius 2 is 2.03 bits per heavy atom. The van der Waals surface area contributed by atoms with Crippen molar-refractivity contribution in [2.45, 2.75) is 37.6 Å². The molecule has 0 unspecified atom stereocenters. The fourth-order valence-electron chi connectivity index (χ4n) is 2.94. The molecule has 2 aromatic heterocycles. The lowest BCUT2D eigenvalue weighted by molar-refractivity contribution is 0.102. The van der Waals surface area contributed by atoms with Crippen molar-refractivity contribution in [3.63, 3.8) is 0 Å². The number of aromatic nitrogens is 4. The lowest BCUT2D eigenvalue weighted by Crippen LogP contribution is -2.25. The smallest absolute Gasteiger partial charge is 0.259 e. The van der Waals surface area contributed by atoms with E-state index in [9.17, 15) is 13.2 Å². The van der Waals surface area contributed by atoms with E-state index in [1.54, 1.807) is 31.2 Å². The molecule has 0 bridgehead atoms. The molecule has 1 aromatic carbocycles. The van der Waals surface area contributed by atoms with Crippen LogP contribution >= 0.6 is 0 Å². The fraction of sp³-hybridized carbons (Fsp3) is 0.300. The zero-order valence-corrected chi connectivity index (χ0v) is 17.9. The number of carbonyl (C=O) groups is 1. The first-order valence-corrected chi connectivity index (χ1v) is 11.3. The standard InChI is InChI=1S/C20H22N6O4S/c1-3-30-19-10-9-18(23-24-19)26-13(2)17(12-21-26)20(27)22-15-5-4-6-16(11-15)31(28,29)25-14-7-8-14/h4-6,9-12,14,25H,3,7-8H2,1-2H3,(H,22,27). The van der Waals surface area contributed by atoms with Crippen LogP contribution in [0.5, 0.6) is 5.88 Å². The van der Waals surface area contributed by atoms with Crippen molar-refractivity contribution in [1.82, 2.24) is 24.7 Å². The van der Waals surface area contributed by atoms with Gasteiger partial charge in [0.2, 0.25) is 15.9 Å². The third-order valence-corrected chi connectivity index (χ3v) is 6.21. The molecule has 1 amide bonds. The predicted octanol–water partition coefficient (Wildman–Crippen LogP) is 2.06. The lowest BCUT2D eigenvalue weighted by Gasteiger charge is -2.09. The third kappa shape index (κ3) is 4.72. The second kappa shape index (κ2) is 8.44. The maximum Gasteiger partial charge on any atom is 0.259 e. The van der Waals surface area contributed by atoms with E-state index in [1.165, 1.54) is 23.0 Å². The SMILES string of the molecule is CCOc1ccc(-n2ncc(C(=O)Nc3cccc(S(=O)(=O)NC4CC4)c3)c2C)nn1. The summed E-state index contributed by atoms with van der Waals surface area (Å²) in [7, 11) is -3.61. The number of nitrogens with one attached hydrogen (secondary N) is 2. The number of ether oxygens (including phenoxy) is 1. The number of hydrogen-bond donors (Lipinski definition) is 2. The second-order valence-electron chi connectivity index (χ2n) is 7.10. The first-order chi connectivity index (χ1) is 14.9. The lowest BCUT2D eigenvalue weighted by atomic mass is 10.2. The summed E-state index contributed by atoms with van der Waals surface area (Å²) in [5.41, 5.74) is 1.27. The van der Waals surface area contributed by atoms with Gasteiger partial charge >= 0.3 is 0 Å². The number of nitrogens with zero attached hydrogens (tertiary/aromatic N) is 4. The van der Waals surface area contributed by atoms with E-state index in [1.807, 2.05) is 6.92 Å². The average molecular weight is 443 g/mol. The monoisotopic (exact) mass is 442 g/mol. The van der Waals surface area contributed by atoms with E-state index in [0.717, 1.165) is 12.8 Å². The Labute approximate surface area is 179 Å². The first-order valence-electron chi connectivity index (χ1n) is 9.82. The molecule has 1 fully saturated rings. The van der Waals surface area contributed by atoms with Gasteiger partial charge in [-0.15, -0.1) is 10.2 Å². The van der Waals surface area contributed by atoms with Crippen LogP contribution in [0.4, 0.5) is 5.69 Å². The largest absolute Gasteiger partial charge is 0.477 e. The highest BCUT2D eigenvalue weighted by Gasteiger charge is 2.28. The van der Waals surface area contributed by atoms with Crippen LogP contribution in [-0.4, -0.2) is 47.0 Å². The van der Waals surface area contributed by atoms with Gasteiger partial charge in [-0.2, -0.15) is 5.10 Å². The minimum atomic E-state index is -3.61. The quantitative estimate of drug-likeness (QED) is 0.546. The van der Waals surface area contributed by atoms with Crippen LogP contribution in [0.1, 0.15) is 35.8 Å². The van der Waals surface area contributed by atoms with Crippen molar-refractivity contribution >= 4 is 21.6 Å². The number of sulfonamides is 1. The van der Waals surface area contributed by atoms with E-state index < -0.39 is 15.9 Å². The Bertz CT molecular complexity index is 1200. The first kappa shape index (κ1) is 20.9. The highest BCUT2D eigenvalue weighted by molar-refractivity contribution is 7.89. The molecule has 3 aromatic rings. The summed E-state index contributed by atoms with van der Waals surface area (Å²) in [5.74, 6) is 0.437. The molecule has 0 aliphatic heterocycles. The van der Waals surface area contributed by atoms with Gasteiger partial charge in [0.05, 0.1) is 29.0 Å². The Hall–Kier alpha value is -3.31. The molecule has 1 saturated carbocycles. The van der Waals surface area contributed by atoms with E-state index >= 15 is 0 Å². The Morgan fingerprint density at radius 1 is 1.23 bits per heavy atom. The number of benzene rings is 1. The van der Waals surface area contributed by atoms with Crippen LogP contribution in [0.15, 0.2) is 47.5 Å². The van der Waals surface area contributed by atoms with Gasteiger partial charge < -0.3 is 10.1 Å². The van der Waals surface area contributed by atoms with Crippen molar-refractivity contribution in [2.24, 2.45) is 0 Å². The number of hydrogen-bond acceptors (Lipinski definition) is 7. The summed E-state index contributed by atoms with van der Waals surface area (Å²) in [6.07, 6.45) is 3.12. The molecule has 0 saturated heterocycles. The van der Waals surface area contributed by atoms with Crippen LogP contribution in [0.3, 0.4) is 0 Å². The molecule has 4 rings (SSSR count). The van der Waals surface area contributed by atoms with Gasteiger partial charge in [-0.25, -0.2) is 17.8 Å². The van der Waals surface area contributed by atoms with E-state index in [-0.39, 0.29) is 10.9 Å². The molecule has 11 heteroatoms. The summed E-state index contributed by atoms with van der Waals surface area (Å²) in [5, 5.41) is 15.0. The van der Waals surface area contributed by atoms with Gasteiger partial charge in [-0.3, -0.25) is 4.79 Å². The Kier molecular flexibility index (Phi) is 5.70. The van der Waals surface area contributed by atoms with Gasteiger partial charge in [0, 0.05) is 17.8 Å². The number of rotatable bonds is 8. The van der Waals surface area contributed by atoms with Crippen LogP contribution in [-0.2, 0) is 10.0 Å². The molecular weight excluding hydrogens is 420 g/mol. The predicted molar refractivity (Wildman–Crippen MR) is 113 cm³/mol. The maximum absolute atomic E-state index is 12.8. The average Bonchev–Trinajstić information content (AvgIpc) is 3.47. The van der Waals surface area contributed by atoms with Crippen LogP contribution < -0.4 is 14.8 Å². The summed E-state index contributed by atoms with van der Waals surface area (Å²) < 4.78 is 34.2. The summed E-state index contributed by atoms with van der Waals surface area (Å²) in [6, 6.07) is 9.51. The highest BCUT2D eigenvalue weighted by Crippen LogP contribution is 2.24. The van der Waals surface area contributed by atoms with Crippen molar-refractivity contribution in [3.05, 3.63) is 53.9 Å². The van der Waals surface area contributed by atoms with Gasteiger partial charge in [0.1, 0.15) is 0 Å². The van der Waals surface area contributed by atoms with Crippen molar-refractivity contribution in [3.8, 4) is 11.7 Å². The zero-order valence-electron chi connectivity index (χ0n) is 17.1. The summed E-state index contributed by atoms with van der Waals surface area (Å²) >= 11 is 0. The van der Waals surface area contributed by atoms with Gasteiger partial charge in [-0.1, -0.05) is 6.07 Å². The molecule has 1 aliphatic rings. The minimum absolute atomic E-state index is 0.00226. The topological polar surface area (TPSA) is 128 Å². The summed E-state index contributed by atoms with van der Waals surface area (Å²) in [6.45, 7) is 4.08. The zero-order chi connectivity index (χ0) is 22.0. The third-order valence-electron chi connectivity index (χ3n) is 4.69. The molecular formula is C20H22N6O4S. The summed E-state index contributed by atoms with van der Waals surface area (Å²) in [4.78, 5) is 12.9. The van der Waals surface area contributed by atoms with Crippen LogP contribution in [0, 0.1) is 6.92 Å². The molecule has 1 aliphatic carbocycles. The van der Waals surface area contributed by atoms with E-state index in [4.69, 9.17) is 4.74 Å². The van der Waals surface area contributed by atoms with Gasteiger partial charge in [0.15, 0.2) is 5.82 Å². The van der Waals surface area contributed by atoms with Crippen LogP contribution in [0.2, 0.25) is 0 Å². The number of anilines is 1. The molecule has 31 heavy (non-hydrogen) atoms. The van der Waals surface area contributed by atoms with Gasteiger partial charge in [0.25, 0.3) is 5.91 Å². The van der Waals surface area contributed by atoms with E-state index in [2.05, 4.69) is 25.3 Å². The fourth-order valence-corrected chi connectivity index (χ4v) is 4.29. The molecule has 2 N–H and O–H groups in total. The van der Waals surface area contributed by atoms with Crippen molar-refractivity contribution in [2.75, 3.05) is 11.9 Å². The number of amides is 1. The normalized spacial score (nSPS) is 13.7. The Morgan fingerprint density at radius 3 is 2.71 bits per heavy atom. The van der Waals surface area contributed by atoms with E-state index in [0.29, 0.717) is 35.2 Å². The van der Waals surface area contributed by atoms with Crippen LogP contribution in [0.25, 0.3) is 5.82 Å². The molecule has 0 spiro atoms. The maximum atomic E-state index is 12.8. The molecule has 162 valence electrons. The van der Waals surface area contributed by atoms with Gasteiger partial charge in [-0.05, 0) is 51.0 Å². The molecule has 0 radical (unpaired) electrons. The Balaban J connectivity index is 1.51. The molecule has 0 atom stereocenters. The minimum Gasteiger partial charge on any atom is -0.477 e. The highest BCUT2D eigenvalue weighted by atomic mass is 32.2. The molecule has 2 heterocycles.